The van der Waals surface area contributed by atoms with E-state index in [1.165, 1.54) is 0 Å². The molecule has 0 atom stereocenters. The van der Waals surface area contributed by atoms with E-state index in [-0.39, 0.29) is 17.4 Å². The number of piperidine rings is 2. The van der Waals surface area contributed by atoms with Crippen LogP contribution in [-0.4, -0.2) is 48.9 Å². The molecule has 0 saturated carbocycles. The molecule has 0 aromatic carbocycles. The summed E-state index contributed by atoms with van der Waals surface area (Å²) in [6, 6.07) is 0.238. The minimum Gasteiger partial charge on any atom is -0.353 e. The lowest BCUT2D eigenvalue weighted by molar-refractivity contribution is -0.145. The lowest BCUT2D eigenvalue weighted by Crippen LogP contribution is -2.53. The molecule has 0 unspecified atom stereocenters. The van der Waals surface area contributed by atoms with Gasteiger partial charge in [0.25, 0.3) is 0 Å². The summed E-state index contributed by atoms with van der Waals surface area (Å²) in [6.07, 6.45) is 4.59. The number of carbonyl (C=O) groups is 2. The van der Waals surface area contributed by atoms with Gasteiger partial charge in [0.05, 0.1) is 5.41 Å². The lowest BCUT2D eigenvalue weighted by Gasteiger charge is -2.42. The fourth-order valence-electron chi connectivity index (χ4n) is 3.47. The molecule has 0 aliphatic carbocycles. The maximum Gasteiger partial charge on any atom is 0.228 e. The maximum atomic E-state index is 12.8. The molecule has 2 N–H and O–H groups in total. The second-order valence-corrected chi connectivity index (χ2v) is 6.15. The van der Waals surface area contributed by atoms with Crippen molar-refractivity contribution < 1.29 is 9.59 Å². The van der Waals surface area contributed by atoms with Crippen molar-refractivity contribution in [3.8, 4) is 0 Å². The predicted molar refractivity (Wildman–Crippen MR) is 78.2 cm³/mol. The van der Waals surface area contributed by atoms with E-state index in [1.807, 2.05) is 4.90 Å². The van der Waals surface area contributed by atoms with Crippen molar-refractivity contribution in [2.75, 3.05) is 26.2 Å². The molecule has 0 spiro atoms. The van der Waals surface area contributed by atoms with Gasteiger partial charge in [-0.15, -0.1) is 0 Å². The Morgan fingerprint density at radius 1 is 1.25 bits per heavy atom. The van der Waals surface area contributed by atoms with Gasteiger partial charge >= 0.3 is 0 Å². The molecule has 20 heavy (non-hydrogen) atoms. The Labute approximate surface area is 121 Å². The van der Waals surface area contributed by atoms with E-state index < -0.39 is 0 Å². The molecule has 2 rings (SSSR count). The highest BCUT2D eigenvalue weighted by atomic mass is 16.2. The molecule has 0 aromatic rings. The van der Waals surface area contributed by atoms with Crippen molar-refractivity contribution in [3.63, 3.8) is 0 Å². The van der Waals surface area contributed by atoms with Crippen molar-refractivity contribution in [2.45, 2.75) is 52.0 Å². The topological polar surface area (TPSA) is 61.4 Å². The van der Waals surface area contributed by atoms with Gasteiger partial charge in [-0.2, -0.15) is 0 Å². The van der Waals surface area contributed by atoms with Crippen LogP contribution < -0.4 is 10.6 Å². The maximum absolute atomic E-state index is 12.8. The van der Waals surface area contributed by atoms with Crippen LogP contribution in [0, 0.1) is 5.41 Å². The van der Waals surface area contributed by atoms with Gasteiger partial charge < -0.3 is 15.5 Å². The summed E-state index contributed by atoms with van der Waals surface area (Å²) >= 11 is 0. The first-order valence-electron chi connectivity index (χ1n) is 7.84. The third-order valence-corrected chi connectivity index (χ3v) is 4.88. The van der Waals surface area contributed by atoms with Gasteiger partial charge in [-0.1, -0.05) is 6.92 Å². The van der Waals surface area contributed by atoms with Crippen LogP contribution in [0.25, 0.3) is 0 Å². The van der Waals surface area contributed by atoms with Crippen LogP contribution in [0.1, 0.15) is 46.0 Å². The Morgan fingerprint density at radius 2 is 1.85 bits per heavy atom. The Morgan fingerprint density at radius 3 is 2.35 bits per heavy atom. The van der Waals surface area contributed by atoms with Crippen LogP contribution in [0.3, 0.4) is 0 Å². The summed E-state index contributed by atoms with van der Waals surface area (Å²) in [4.78, 5) is 25.9. The van der Waals surface area contributed by atoms with E-state index in [0.717, 1.165) is 58.3 Å². The van der Waals surface area contributed by atoms with Gasteiger partial charge in [0.2, 0.25) is 11.8 Å². The first kappa shape index (κ1) is 15.3. The molecule has 2 fully saturated rings. The monoisotopic (exact) mass is 281 g/mol. The summed E-state index contributed by atoms with van der Waals surface area (Å²) in [5, 5.41) is 6.30. The SMILES string of the molecule is CCC1(C(=O)N2CCC(NC(C)=O)CC2)CCNCC1. The van der Waals surface area contributed by atoms with E-state index in [2.05, 4.69) is 17.6 Å². The smallest absolute Gasteiger partial charge is 0.228 e. The molecular formula is C15H27N3O2. The van der Waals surface area contributed by atoms with Crippen LogP contribution in [0.4, 0.5) is 0 Å². The van der Waals surface area contributed by atoms with Gasteiger partial charge in [0.1, 0.15) is 0 Å². The molecule has 5 nitrogen and oxygen atoms in total. The van der Waals surface area contributed by atoms with E-state index >= 15 is 0 Å². The molecule has 0 bridgehead atoms. The summed E-state index contributed by atoms with van der Waals surface area (Å²) in [5.74, 6) is 0.362. The second-order valence-electron chi connectivity index (χ2n) is 6.15. The molecule has 114 valence electrons. The highest BCUT2D eigenvalue weighted by molar-refractivity contribution is 5.83. The number of amides is 2. The van der Waals surface area contributed by atoms with Crippen molar-refractivity contribution in [1.82, 2.24) is 15.5 Å². The third-order valence-electron chi connectivity index (χ3n) is 4.88. The van der Waals surface area contributed by atoms with E-state index in [1.54, 1.807) is 6.92 Å². The van der Waals surface area contributed by atoms with Crippen LogP contribution in [0.2, 0.25) is 0 Å². The van der Waals surface area contributed by atoms with Crippen LogP contribution in [-0.2, 0) is 9.59 Å². The first-order valence-corrected chi connectivity index (χ1v) is 7.84. The molecule has 2 aliphatic heterocycles. The Balaban J connectivity index is 1.92. The number of hydrogen-bond acceptors (Lipinski definition) is 3. The van der Waals surface area contributed by atoms with E-state index in [9.17, 15) is 9.59 Å². The molecule has 2 amide bonds. The van der Waals surface area contributed by atoms with Crippen molar-refractivity contribution in [3.05, 3.63) is 0 Å². The highest BCUT2D eigenvalue weighted by Crippen LogP contribution is 2.35. The van der Waals surface area contributed by atoms with Crippen LogP contribution in [0.15, 0.2) is 0 Å². The first-order chi connectivity index (χ1) is 9.57. The normalized spacial score (nSPS) is 23.4. The number of carbonyl (C=O) groups excluding carboxylic acids is 2. The molecule has 0 aromatic heterocycles. The number of nitrogens with zero attached hydrogens (tertiary/aromatic N) is 1. The van der Waals surface area contributed by atoms with Crippen molar-refractivity contribution in [1.29, 1.82) is 0 Å². The van der Waals surface area contributed by atoms with Gasteiger partial charge in [-0.05, 0) is 45.2 Å². The summed E-state index contributed by atoms with van der Waals surface area (Å²) in [7, 11) is 0. The number of rotatable bonds is 3. The van der Waals surface area contributed by atoms with Crippen LogP contribution >= 0.6 is 0 Å². The van der Waals surface area contributed by atoms with Crippen molar-refractivity contribution >= 4 is 11.8 Å². The quantitative estimate of drug-likeness (QED) is 0.808. The number of nitrogens with one attached hydrogen (secondary N) is 2. The zero-order valence-electron chi connectivity index (χ0n) is 12.7. The summed E-state index contributed by atoms with van der Waals surface area (Å²) in [5.41, 5.74) is -0.147. The molecule has 5 heteroatoms. The largest absolute Gasteiger partial charge is 0.353 e. The molecule has 2 aliphatic rings. The zero-order valence-corrected chi connectivity index (χ0v) is 12.7. The van der Waals surface area contributed by atoms with Gasteiger partial charge in [-0.3, -0.25) is 9.59 Å². The average molecular weight is 281 g/mol. The van der Waals surface area contributed by atoms with Gasteiger partial charge in [-0.25, -0.2) is 0 Å². The molecular weight excluding hydrogens is 254 g/mol. The zero-order chi connectivity index (χ0) is 14.6. The van der Waals surface area contributed by atoms with Crippen LogP contribution in [0.5, 0.6) is 0 Å². The fourth-order valence-corrected chi connectivity index (χ4v) is 3.47. The molecule has 2 heterocycles. The average Bonchev–Trinajstić information content (AvgIpc) is 2.47. The number of hydrogen-bond donors (Lipinski definition) is 2. The van der Waals surface area contributed by atoms with E-state index in [0.29, 0.717) is 5.91 Å². The fraction of sp³-hybridized carbons (Fsp3) is 0.867. The van der Waals surface area contributed by atoms with Gasteiger partial charge in [0, 0.05) is 26.1 Å². The minimum absolute atomic E-state index is 0.0261. The standard InChI is InChI=1S/C15H27N3O2/c1-3-15(6-8-16-9-7-15)14(20)18-10-4-13(5-11-18)17-12(2)19/h13,16H,3-11H2,1-2H3,(H,17,19). The summed E-state index contributed by atoms with van der Waals surface area (Å²) < 4.78 is 0. The predicted octanol–water partition coefficient (Wildman–Crippen LogP) is 0.893. The van der Waals surface area contributed by atoms with Gasteiger partial charge in [0.15, 0.2) is 0 Å². The Kier molecular flexibility index (Phi) is 5.02. The molecule has 2 saturated heterocycles. The Bertz CT molecular complexity index is 356. The third kappa shape index (κ3) is 3.32. The molecule has 0 radical (unpaired) electrons. The summed E-state index contributed by atoms with van der Waals surface area (Å²) in [6.45, 7) is 7.13. The lowest BCUT2D eigenvalue weighted by atomic mass is 9.75. The minimum atomic E-state index is -0.147. The number of likely N-dealkylation sites (tertiary alicyclic amines) is 1. The highest BCUT2D eigenvalue weighted by Gasteiger charge is 2.41. The Hall–Kier alpha value is -1.10. The van der Waals surface area contributed by atoms with Crippen molar-refractivity contribution in [2.24, 2.45) is 5.41 Å². The van der Waals surface area contributed by atoms with E-state index in [4.69, 9.17) is 0 Å². The second kappa shape index (κ2) is 6.57.